The normalized spacial score (nSPS) is 12.1. The van der Waals surface area contributed by atoms with Gasteiger partial charge in [0.2, 0.25) is 0 Å². The molecule has 1 aromatic rings. The summed E-state index contributed by atoms with van der Waals surface area (Å²) in [6.45, 7) is 8.89. The Hall–Kier alpha value is -1.05. The summed E-state index contributed by atoms with van der Waals surface area (Å²) in [5.74, 6) is 0.963. The highest BCUT2D eigenvalue weighted by Gasteiger charge is 2.16. The van der Waals surface area contributed by atoms with Crippen LogP contribution in [0.25, 0.3) is 0 Å². The number of benzene rings is 1. The predicted molar refractivity (Wildman–Crippen MR) is 81.7 cm³/mol. The van der Waals surface area contributed by atoms with E-state index in [1.54, 1.807) is 7.11 Å². The van der Waals surface area contributed by atoms with E-state index in [1.807, 2.05) is 6.92 Å². The summed E-state index contributed by atoms with van der Waals surface area (Å²) in [5.41, 5.74) is 4.81. The molecule has 1 atom stereocenters. The Morgan fingerprint density at radius 3 is 2.42 bits per heavy atom. The summed E-state index contributed by atoms with van der Waals surface area (Å²) >= 11 is 3.65. The fraction of sp³-hybridized carbons (Fsp3) is 0.533. The van der Waals surface area contributed by atoms with Crippen LogP contribution in [-0.4, -0.2) is 19.7 Å². The summed E-state index contributed by atoms with van der Waals surface area (Å²) < 4.78 is 6.71. The second-order valence-corrected chi connectivity index (χ2v) is 5.55. The fourth-order valence-corrected chi connectivity index (χ4v) is 2.72. The fourth-order valence-electron chi connectivity index (χ4n) is 2.18. The summed E-state index contributed by atoms with van der Waals surface area (Å²) in [5, 5.41) is 11.9. The minimum absolute atomic E-state index is 0.124. The Balaban J connectivity index is 3.03. The molecule has 0 aromatic heterocycles. The highest BCUT2D eigenvalue weighted by molar-refractivity contribution is 9.10. The molecule has 1 rings (SSSR count). The number of hydrogen-bond acceptors (Lipinski definition) is 3. The van der Waals surface area contributed by atoms with Gasteiger partial charge >= 0.3 is 0 Å². The zero-order valence-electron chi connectivity index (χ0n) is 12.2. The van der Waals surface area contributed by atoms with Crippen molar-refractivity contribution in [3.63, 3.8) is 0 Å². The lowest BCUT2D eigenvalue weighted by Gasteiger charge is -2.19. The molecule has 0 aliphatic rings. The number of halogens is 1. The van der Waals surface area contributed by atoms with Crippen molar-refractivity contribution in [1.82, 2.24) is 5.32 Å². The van der Waals surface area contributed by atoms with Crippen LogP contribution in [0, 0.1) is 32.1 Å². The zero-order valence-corrected chi connectivity index (χ0v) is 13.8. The van der Waals surface area contributed by atoms with Crippen molar-refractivity contribution >= 4 is 15.9 Å². The number of ether oxygens (including phenoxy) is 1. The second kappa shape index (κ2) is 6.93. The van der Waals surface area contributed by atoms with Gasteiger partial charge in [0.05, 0.1) is 19.2 Å². The van der Waals surface area contributed by atoms with Gasteiger partial charge in [-0.1, -0.05) is 15.9 Å². The second-order valence-electron chi connectivity index (χ2n) is 4.76. The monoisotopic (exact) mass is 324 g/mol. The van der Waals surface area contributed by atoms with Crippen molar-refractivity contribution in [3.05, 3.63) is 26.7 Å². The SMILES string of the molecule is COc1c(C)c(C)c(Br)c(C)c1CCNC(C)C#N. The number of nitrogens with one attached hydrogen (secondary N) is 1. The van der Waals surface area contributed by atoms with Crippen LogP contribution in [-0.2, 0) is 6.42 Å². The molecule has 4 heteroatoms. The molecule has 0 heterocycles. The third kappa shape index (κ3) is 3.49. The Labute approximate surface area is 124 Å². The standard InChI is InChI=1S/C15H21BrN2O/c1-9(8-17)18-7-6-13-12(4)14(16)10(2)11(3)15(13)19-5/h9,18H,6-7H2,1-5H3. The van der Waals surface area contributed by atoms with Gasteiger partial charge < -0.3 is 10.1 Å². The largest absolute Gasteiger partial charge is 0.496 e. The topological polar surface area (TPSA) is 45.0 Å². The molecule has 0 saturated heterocycles. The molecule has 0 fully saturated rings. The van der Waals surface area contributed by atoms with E-state index in [-0.39, 0.29) is 6.04 Å². The van der Waals surface area contributed by atoms with Gasteiger partial charge in [0.25, 0.3) is 0 Å². The lowest BCUT2D eigenvalue weighted by molar-refractivity contribution is 0.404. The Bertz CT molecular complexity index is 506. The van der Waals surface area contributed by atoms with Crippen LogP contribution in [0.2, 0.25) is 0 Å². The number of methoxy groups -OCH3 is 1. The number of nitriles is 1. The van der Waals surface area contributed by atoms with E-state index in [4.69, 9.17) is 10.00 Å². The van der Waals surface area contributed by atoms with E-state index < -0.39 is 0 Å². The first-order valence-corrected chi connectivity index (χ1v) is 7.18. The molecule has 19 heavy (non-hydrogen) atoms. The van der Waals surface area contributed by atoms with Gasteiger partial charge in [0.15, 0.2) is 0 Å². The molecule has 0 radical (unpaired) electrons. The summed E-state index contributed by atoms with van der Waals surface area (Å²) in [6.07, 6.45) is 0.848. The van der Waals surface area contributed by atoms with Crippen LogP contribution in [0.5, 0.6) is 5.75 Å². The van der Waals surface area contributed by atoms with Gasteiger partial charge in [-0.2, -0.15) is 5.26 Å². The summed E-state index contributed by atoms with van der Waals surface area (Å²) in [4.78, 5) is 0. The molecule has 0 spiro atoms. The molecular weight excluding hydrogens is 304 g/mol. The molecule has 1 aromatic carbocycles. The molecule has 3 nitrogen and oxygen atoms in total. The molecule has 0 bridgehead atoms. The van der Waals surface area contributed by atoms with Crippen molar-refractivity contribution in [2.75, 3.05) is 13.7 Å². The van der Waals surface area contributed by atoms with E-state index in [2.05, 4.69) is 48.1 Å². The van der Waals surface area contributed by atoms with Crippen LogP contribution in [0.3, 0.4) is 0 Å². The van der Waals surface area contributed by atoms with Crippen LogP contribution < -0.4 is 10.1 Å². The molecule has 1 N–H and O–H groups in total. The molecule has 0 saturated carbocycles. The first-order chi connectivity index (χ1) is 8.93. The molecule has 104 valence electrons. The Morgan fingerprint density at radius 2 is 1.89 bits per heavy atom. The molecule has 0 aliphatic heterocycles. The van der Waals surface area contributed by atoms with E-state index in [1.165, 1.54) is 22.3 Å². The van der Waals surface area contributed by atoms with E-state index in [0.717, 1.165) is 23.2 Å². The number of hydrogen-bond donors (Lipinski definition) is 1. The van der Waals surface area contributed by atoms with Crippen molar-refractivity contribution < 1.29 is 4.74 Å². The van der Waals surface area contributed by atoms with Crippen LogP contribution in [0.1, 0.15) is 29.2 Å². The lowest BCUT2D eigenvalue weighted by Crippen LogP contribution is -2.26. The van der Waals surface area contributed by atoms with Crippen LogP contribution >= 0.6 is 15.9 Å². The quantitative estimate of drug-likeness (QED) is 0.902. The third-order valence-electron chi connectivity index (χ3n) is 3.51. The van der Waals surface area contributed by atoms with Gasteiger partial charge in [0, 0.05) is 11.0 Å². The maximum Gasteiger partial charge on any atom is 0.125 e. The van der Waals surface area contributed by atoms with Crippen molar-refractivity contribution in [3.8, 4) is 11.8 Å². The Morgan fingerprint density at radius 1 is 1.26 bits per heavy atom. The predicted octanol–water partition coefficient (Wildman–Crippen LogP) is 3.43. The number of rotatable bonds is 5. The van der Waals surface area contributed by atoms with Crippen molar-refractivity contribution in [2.45, 2.75) is 40.2 Å². The van der Waals surface area contributed by atoms with Gasteiger partial charge in [-0.3, -0.25) is 0 Å². The summed E-state index contributed by atoms with van der Waals surface area (Å²) in [6, 6.07) is 2.05. The minimum Gasteiger partial charge on any atom is -0.496 e. The average molecular weight is 325 g/mol. The molecule has 0 aliphatic carbocycles. The van der Waals surface area contributed by atoms with Crippen LogP contribution in [0.4, 0.5) is 0 Å². The van der Waals surface area contributed by atoms with Gasteiger partial charge in [0.1, 0.15) is 5.75 Å². The zero-order chi connectivity index (χ0) is 14.6. The highest BCUT2D eigenvalue weighted by atomic mass is 79.9. The molecular formula is C15H21BrN2O. The molecule has 1 unspecified atom stereocenters. The Kier molecular flexibility index (Phi) is 5.84. The first-order valence-electron chi connectivity index (χ1n) is 6.39. The smallest absolute Gasteiger partial charge is 0.125 e. The van der Waals surface area contributed by atoms with Gasteiger partial charge in [-0.25, -0.2) is 0 Å². The lowest BCUT2D eigenvalue weighted by atomic mass is 9.97. The van der Waals surface area contributed by atoms with Gasteiger partial charge in [-0.05, 0) is 56.4 Å². The van der Waals surface area contributed by atoms with E-state index >= 15 is 0 Å². The minimum atomic E-state index is -0.124. The number of nitrogens with zero attached hydrogens (tertiary/aromatic N) is 1. The van der Waals surface area contributed by atoms with E-state index in [9.17, 15) is 0 Å². The maximum atomic E-state index is 8.77. The van der Waals surface area contributed by atoms with Crippen molar-refractivity contribution in [1.29, 1.82) is 5.26 Å². The van der Waals surface area contributed by atoms with E-state index in [0.29, 0.717) is 0 Å². The van der Waals surface area contributed by atoms with Crippen molar-refractivity contribution in [2.24, 2.45) is 0 Å². The van der Waals surface area contributed by atoms with Gasteiger partial charge in [-0.15, -0.1) is 0 Å². The highest BCUT2D eigenvalue weighted by Crippen LogP contribution is 2.36. The van der Waals surface area contributed by atoms with Crippen LogP contribution in [0.15, 0.2) is 4.47 Å². The molecule has 0 amide bonds. The third-order valence-corrected chi connectivity index (χ3v) is 4.70. The maximum absolute atomic E-state index is 8.77. The summed E-state index contributed by atoms with van der Waals surface area (Å²) in [7, 11) is 1.71. The first kappa shape index (κ1) is 16.0. The average Bonchev–Trinajstić information content (AvgIpc) is 2.41.